The van der Waals surface area contributed by atoms with Crippen LogP contribution < -0.4 is 9.47 Å². The Labute approximate surface area is 76.9 Å². The van der Waals surface area contributed by atoms with Crippen molar-refractivity contribution in [3.05, 3.63) is 24.3 Å². The molecule has 2 atom stereocenters. The fourth-order valence-electron chi connectivity index (χ4n) is 1.24. The highest BCUT2D eigenvalue weighted by Crippen LogP contribution is 2.36. The molecule has 0 bridgehead atoms. The first kappa shape index (κ1) is 8.38. The van der Waals surface area contributed by atoms with Gasteiger partial charge in [0.05, 0.1) is 0 Å². The zero-order valence-electron chi connectivity index (χ0n) is 7.65. The first-order valence-corrected chi connectivity index (χ1v) is 4.27. The summed E-state index contributed by atoms with van der Waals surface area (Å²) in [4.78, 5) is 0. The normalized spacial score (nSPS) is 31.5. The Balaban J connectivity index is 2.39. The fourth-order valence-corrected chi connectivity index (χ4v) is 1.24. The Kier molecular flexibility index (Phi) is 1.70. The second-order valence-corrected chi connectivity index (χ2v) is 3.36. The predicted molar refractivity (Wildman–Crippen MR) is 47.8 cm³/mol. The molecule has 1 heterocycles. The van der Waals surface area contributed by atoms with E-state index in [1.807, 2.05) is 18.2 Å². The molecule has 0 saturated heterocycles. The zero-order chi connectivity index (χ0) is 9.47. The number of para-hydroxylation sites is 2. The number of fused-ring (bicyclic) bond motifs is 1. The van der Waals surface area contributed by atoms with Gasteiger partial charge >= 0.3 is 0 Å². The van der Waals surface area contributed by atoms with E-state index in [4.69, 9.17) is 9.47 Å². The second kappa shape index (κ2) is 2.64. The largest absolute Gasteiger partial charge is 0.480 e. The van der Waals surface area contributed by atoms with Gasteiger partial charge in [0.15, 0.2) is 17.6 Å². The molecule has 1 aromatic carbocycles. The van der Waals surface area contributed by atoms with Crippen LogP contribution in [0.4, 0.5) is 0 Å². The van der Waals surface area contributed by atoms with Gasteiger partial charge in [0, 0.05) is 6.92 Å². The molecule has 1 aromatic rings. The standard InChI is InChI=1S/C10H12O3/c1-7-10(2,11)13-9-6-4-3-5-8(9)12-7/h3-7,11H,1-2H3/t7-,10-/m1/s1. The maximum Gasteiger partial charge on any atom is 0.242 e. The van der Waals surface area contributed by atoms with Crippen LogP contribution in [0.1, 0.15) is 13.8 Å². The molecule has 13 heavy (non-hydrogen) atoms. The summed E-state index contributed by atoms with van der Waals surface area (Å²) < 4.78 is 10.8. The molecule has 0 saturated carbocycles. The van der Waals surface area contributed by atoms with E-state index in [0.29, 0.717) is 11.5 Å². The van der Waals surface area contributed by atoms with Gasteiger partial charge in [-0.05, 0) is 19.1 Å². The van der Waals surface area contributed by atoms with Crippen LogP contribution in [0, 0.1) is 0 Å². The highest BCUT2D eigenvalue weighted by Gasteiger charge is 2.37. The van der Waals surface area contributed by atoms with Crippen molar-refractivity contribution in [2.24, 2.45) is 0 Å². The molecule has 1 aliphatic rings. The minimum absolute atomic E-state index is 0.359. The van der Waals surface area contributed by atoms with Gasteiger partial charge in [0.2, 0.25) is 5.79 Å². The van der Waals surface area contributed by atoms with Crippen LogP contribution in [0.5, 0.6) is 11.5 Å². The van der Waals surface area contributed by atoms with Crippen LogP contribution in [-0.2, 0) is 0 Å². The Hall–Kier alpha value is -1.22. The first-order valence-electron chi connectivity index (χ1n) is 4.27. The van der Waals surface area contributed by atoms with Crippen molar-refractivity contribution in [2.75, 3.05) is 0 Å². The van der Waals surface area contributed by atoms with E-state index in [0.717, 1.165) is 0 Å². The Morgan fingerprint density at radius 1 is 1.31 bits per heavy atom. The van der Waals surface area contributed by atoms with Crippen molar-refractivity contribution in [3.63, 3.8) is 0 Å². The van der Waals surface area contributed by atoms with Gasteiger partial charge in [-0.3, -0.25) is 0 Å². The van der Waals surface area contributed by atoms with Crippen LogP contribution >= 0.6 is 0 Å². The lowest BCUT2D eigenvalue weighted by Gasteiger charge is -2.36. The molecule has 70 valence electrons. The molecule has 0 unspecified atom stereocenters. The minimum Gasteiger partial charge on any atom is -0.480 e. The van der Waals surface area contributed by atoms with E-state index in [1.165, 1.54) is 0 Å². The third-order valence-electron chi connectivity index (χ3n) is 2.22. The smallest absolute Gasteiger partial charge is 0.242 e. The van der Waals surface area contributed by atoms with E-state index >= 15 is 0 Å². The summed E-state index contributed by atoms with van der Waals surface area (Å²) in [5.41, 5.74) is 0. The van der Waals surface area contributed by atoms with Crippen LogP contribution in [-0.4, -0.2) is 17.0 Å². The van der Waals surface area contributed by atoms with Crippen LogP contribution in [0.25, 0.3) is 0 Å². The number of hydrogen-bond donors (Lipinski definition) is 1. The Morgan fingerprint density at radius 3 is 2.62 bits per heavy atom. The fraction of sp³-hybridized carbons (Fsp3) is 0.400. The third-order valence-corrected chi connectivity index (χ3v) is 2.22. The molecule has 2 rings (SSSR count). The molecule has 0 radical (unpaired) electrons. The van der Waals surface area contributed by atoms with Crippen molar-refractivity contribution in [3.8, 4) is 11.5 Å². The number of ether oxygens (including phenoxy) is 2. The van der Waals surface area contributed by atoms with Gasteiger partial charge in [-0.1, -0.05) is 12.1 Å². The lowest BCUT2D eigenvalue weighted by molar-refractivity contribution is -0.194. The van der Waals surface area contributed by atoms with Gasteiger partial charge < -0.3 is 14.6 Å². The highest BCUT2D eigenvalue weighted by molar-refractivity contribution is 5.41. The molecular formula is C10H12O3. The average Bonchev–Trinajstić information content (AvgIpc) is 2.06. The SMILES string of the molecule is C[C@H]1Oc2ccccc2O[C@@]1(C)O. The lowest BCUT2D eigenvalue weighted by atomic mass is 10.1. The van der Waals surface area contributed by atoms with E-state index in [2.05, 4.69) is 0 Å². The minimum atomic E-state index is -1.24. The summed E-state index contributed by atoms with van der Waals surface area (Å²) >= 11 is 0. The van der Waals surface area contributed by atoms with Crippen molar-refractivity contribution in [2.45, 2.75) is 25.7 Å². The van der Waals surface area contributed by atoms with Crippen LogP contribution in [0.15, 0.2) is 24.3 Å². The molecule has 1 N–H and O–H groups in total. The van der Waals surface area contributed by atoms with Gasteiger partial charge in [-0.2, -0.15) is 0 Å². The third kappa shape index (κ3) is 1.35. The van der Waals surface area contributed by atoms with E-state index in [1.54, 1.807) is 19.9 Å². The maximum absolute atomic E-state index is 9.74. The monoisotopic (exact) mass is 180 g/mol. The predicted octanol–water partition coefficient (Wildman–Crippen LogP) is 1.55. The molecule has 3 nitrogen and oxygen atoms in total. The molecule has 3 heteroatoms. The number of aliphatic hydroxyl groups is 1. The summed E-state index contributed by atoms with van der Waals surface area (Å²) in [6.45, 7) is 3.36. The number of hydrogen-bond acceptors (Lipinski definition) is 3. The van der Waals surface area contributed by atoms with Crippen molar-refractivity contribution in [1.82, 2.24) is 0 Å². The van der Waals surface area contributed by atoms with E-state index < -0.39 is 5.79 Å². The van der Waals surface area contributed by atoms with Crippen molar-refractivity contribution < 1.29 is 14.6 Å². The quantitative estimate of drug-likeness (QED) is 0.658. The second-order valence-electron chi connectivity index (χ2n) is 3.36. The number of benzene rings is 1. The van der Waals surface area contributed by atoms with Crippen LogP contribution in [0.3, 0.4) is 0 Å². The van der Waals surface area contributed by atoms with E-state index in [-0.39, 0.29) is 6.10 Å². The van der Waals surface area contributed by atoms with Crippen LogP contribution in [0.2, 0.25) is 0 Å². The first-order chi connectivity index (χ1) is 6.09. The summed E-state index contributed by atoms with van der Waals surface area (Å²) in [5.74, 6) is 0.0288. The summed E-state index contributed by atoms with van der Waals surface area (Å²) in [6.07, 6.45) is -0.359. The molecule has 0 spiro atoms. The Morgan fingerprint density at radius 2 is 1.92 bits per heavy atom. The Bertz CT molecular complexity index is 320. The van der Waals surface area contributed by atoms with Gasteiger partial charge in [-0.15, -0.1) is 0 Å². The summed E-state index contributed by atoms with van der Waals surface area (Å²) in [5, 5.41) is 9.74. The summed E-state index contributed by atoms with van der Waals surface area (Å²) in [6, 6.07) is 7.31. The van der Waals surface area contributed by atoms with Gasteiger partial charge in [-0.25, -0.2) is 0 Å². The molecule has 0 fully saturated rings. The lowest BCUT2D eigenvalue weighted by Crippen LogP contribution is -2.48. The maximum atomic E-state index is 9.74. The molecule has 0 aromatic heterocycles. The molecular weight excluding hydrogens is 168 g/mol. The summed E-state index contributed by atoms with van der Waals surface area (Å²) in [7, 11) is 0. The average molecular weight is 180 g/mol. The highest BCUT2D eigenvalue weighted by atomic mass is 16.7. The zero-order valence-corrected chi connectivity index (χ0v) is 7.65. The number of rotatable bonds is 0. The van der Waals surface area contributed by atoms with Gasteiger partial charge in [0.1, 0.15) is 0 Å². The molecule has 0 aliphatic carbocycles. The molecule has 1 aliphatic heterocycles. The molecule has 0 amide bonds. The van der Waals surface area contributed by atoms with Crippen molar-refractivity contribution >= 4 is 0 Å². The van der Waals surface area contributed by atoms with Gasteiger partial charge in [0.25, 0.3) is 0 Å². The van der Waals surface area contributed by atoms with E-state index in [9.17, 15) is 5.11 Å². The topological polar surface area (TPSA) is 38.7 Å². The van der Waals surface area contributed by atoms with Crippen molar-refractivity contribution in [1.29, 1.82) is 0 Å².